The predicted molar refractivity (Wildman–Crippen MR) is 41.5 cm³/mol. The molecule has 0 radical (unpaired) electrons. The van der Waals surface area contributed by atoms with Crippen LogP contribution in [0, 0.1) is 0 Å². The van der Waals surface area contributed by atoms with Gasteiger partial charge in [0.2, 0.25) is 0 Å². The van der Waals surface area contributed by atoms with Crippen molar-refractivity contribution < 1.29 is 9.53 Å². The summed E-state index contributed by atoms with van der Waals surface area (Å²) < 4.78 is 5.24. The number of esters is 1. The zero-order valence-corrected chi connectivity index (χ0v) is 7.75. The molecule has 0 amide bonds. The summed E-state index contributed by atoms with van der Waals surface area (Å²) >= 11 is 0.0437. The molecule has 5 heteroatoms. The normalized spacial score (nSPS) is 9.55. The van der Waals surface area contributed by atoms with Gasteiger partial charge in [0, 0.05) is 0 Å². The van der Waals surface area contributed by atoms with Crippen LogP contribution in [0.15, 0.2) is 4.94 Å². The Labute approximate surface area is 70.1 Å². The van der Waals surface area contributed by atoms with Crippen LogP contribution in [0.25, 0.3) is 0 Å². The number of hydrogen-bond donors (Lipinski definition) is 1. The van der Waals surface area contributed by atoms with Crippen molar-refractivity contribution in [2.45, 2.75) is 6.92 Å². The van der Waals surface area contributed by atoms with Crippen molar-refractivity contribution in [1.82, 2.24) is 4.98 Å². The van der Waals surface area contributed by atoms with Crippen molar-refractivity contribution in [1.29, 1.82) is 0 Å². The van der Waals surface area contributed by atoms with Gasteiger partial charge in [-0.3, -0.25) is 0 Å². The Bertz CT molecular complexity index is 259. The Morgan fingerprint density at radius 1 is 1.91 bits per heavy atom. The first-order valence-electron chi connectivity index (χ1n) is 3.12. The third-order valence-electron chi connectivity index (χ3n) is 1.01. The van der Waals surface area contributed by atoms with Crippen LogP contribution in [-0.4, -0.2) is 32.1 Å². The third kappa shape index (κ3) is 2.06. The molecule has 0 aliphatic rings. The Morgan fingerprint density at radius 3 is 3.09 bits per heavy atom. The third-order valence-corrected chi connectivity index (χ3v) is 2.42. The van der Waals surface area contributed by atoms with Crippen LogP contribution in [0.5, 0.6) is 0 Å². The summed E-state index contributed by atoms with van der Waals surface area (Å²) in [4.78, 5) is 16.5. The molecule has 4 nitrogen and oxygen atoms in total. The molecule has 0 unspecified atom stereocenters. The molecule has 1 heterocycles. The molecule has 1 aromatic heterocycles. The van der Waals surface area contributed by atoms with Gasteiger partial charge < -0.3 is 0 Å². The molecule has 0 saturated heterocycles. The topological polar surface area (TPSA) is 65.2 Å². The zero-order valence-electron chi connectivity index (χ0n) is 6.03. The van der Waals surface area contributed by atoms with E-state index in [1.54, 1.807) is 11.9 Å². The Morgan fingerprint density at radius 2 is 2.64 bits per heavy atom. The average molecular weight is 219 g/mol. The van der Waals surface area contributed by atoms with E-state index >= 15 is 0 Å². The number of carbonyl (C=O) groups excluding carboxylic acids is 1. The van der Waals surface area contributed by atoms with E-state index < -0.39 is 0 Å². The number of nitrogens with zero attached hydrogens (tertiary/aromatic N) is 1. The van der Waals surface area contributed by atoms with Crippen LogP contribution in [-0.2, 0) is 4.74 Å². The molecular weight excluding hydrogens is 211 g/mol. The van der Waals surface area contributed by atoms with Crippen molar-refractivity contribution >= 4 is 25.2 Å². The van der Waals surface area contributed by atoms with Gasteiger partial charge >= 0.3 is 69.6 Å². The summed E-state index contributed by atoms with van der Waals surface area (Å²) in [7, 11) is 0. The average Bonchev–Trinajstić information content (AvgIpc) is 2.36. The van der Waals surface area contributed by atoms with Gasteiger partial charge in [0.1, 0.15) is 0 Å². The van der Waals surface area contributed by atoms with E-state index in [4.69, 9.17) is 10.5 Å². The van der Waals surface area contributed by atoms with Gasteiger partial charge in [0.25, 0.3) is 0 Å². The number of nitrogens with two attached hydrogens (primary N) is 1. The molecule has 1 rings (SSSR count). The Balaban J connectivity index is 2.69. The van der Waals surface area contributed by atoms with Crippen LogP contribution >= 0.6 is 0 Å². The van der Waals surface area contributed by atoms with Gasteiger partial charge in [-0.05, 0) is 0 Å². The second-order valence-electron chi connectivity index (χ2n) is 1.79. The van der Waals surface area contributed by atoms with Crippen molar-refractivity contribution in [3.63, 3.8) is 0 Å². The minimum atomic E-state index is -0.380. The van der Waals surface area contributed by atoms with Crippen molar-refractivity contribution in [2.24, 2.45) is 0 Å². The van der Waals surface area contributed by atoms with Gasteiger partial charge in [0.05, 0.1) is 0 Å². The molecule has 0 saturated carbocycles. The minimum absolute atomic E-state index is 0.0437. The van der Waals surface area contributed by atoms with E-state index in [0.29, 0.717) is 17.0 Å². The molecule has 0 spiro atoms. The van der Waals surface area contributed by atoms with E-state index in [0.717, 1.165) is 0 Å². The molecule has 0 bridgehead atoms. The van der Waals surface area contributed by atoms with Gasteiger partial charge in [-0.1, -0.05) is 0 Å². The van der Waals surface area contributed by atoms with E-state index in [-0.39, 0.29) is 20.5 Å². The number of anilines is 1. The number of hydrogen-bond acceptors (Lipinski definition) is 4. The number of aromatic nitrogens is 1. The van der Waals surface area contributed by atoms with Crippen LogP contribution < -0.4 is 5.73 Å². The molecule has 1 aromatic rings. The fourth-order valence-electron chi connectivity index (χ4n) is 0.586. The number of ether oxygens (including phenoxy) is 1. The van der Waals surface area contributed by atoms with Gasteiger partial charge in [-0.25, -0.2) is 0 Å². The van der Waals surface area contributed by atoms with Gasteiger partial charge in [-0.2, -0.15) is 0 Å². The molecule has 0 atom stereocenters. The molecule has 0 aliphatic heterocycles. The second-order valence-corrected chi connectivity index (χ2v) is 3.66. The summed E-state index contributed by atoms with van der Waals surface area (Å²) in [6, 6.07) is 0. The van der Waals surface area contributed by atoms with Crippen LogP contribution in [0.2, 0.25) is 0 Å². The van der Waals surface area contributed by atoms with E-state index in [1.807, 2.05) is 0 Å². The predicted octanol–water partition coefficient (Wildman–Crippen LogP) is -0.102. The summed E-state index contributed by atoms with van der Waals surface area (Å²) in [6.07, 6.45) is 0. The molecule has 0 fully saturated rings. The fourth-order valence-corrected chi connectivity index (χ4v) is 1.70. The molecule has 11 heavy (non-hydrogen) atoms. The molecule has 2 N–H and O–H groups in total. The quantitative estimate of drug-likeness (QED) is 0.557. The maximum atomic E-state index is 10.9. The monoisotopic (exact) mass is 220 g/mol. The molecular formula is C6H8N2O2Se. The Hall–Kier alpha value is -0.801. The van der Waals surface area contributed by atoms with Crippen LogP contribution in [0.4, 0.5) is 4.69 Å². The first-order valence-corrected chi connectivity index (χ1v) is 4.96. The summed E-state index contributed by atoms with van der Waals surface area (Å²) in [6.45, 7) is 2.13. The van der Waals surface area contributed by atoms with Crippen LogP contribution in [0.3, 0.4) is 0 Å². The first kappa shape index (κ1) is 8.30. The number of rotatable bonds is 2. The van der Waals surface area contributed by atoms with Crippen LogP contribution in [0.1, 0.15) is 17.4 Å². The Kier molecular flexibility index (Phi) is 2.68. The zero-order chi connectivity index (χ0) is 8.27. The van der Waals surface area contributed by atoms with Crippen molar-refractivity contribution in [3.05, 3.63) is 10.6 Å². The van der Waals surface area contributed by atoms with E-state index in [2.05, 4.69) is 4.98 Å². The molecule has 0 aliphatic carbocycles. The standard InChI is InChI=1S/C6H8N2O2Se/c1-2-10-5(9)4-3-11-6(7)8-4/h3H,2H2,1H3,(H2,7,8). The van der Waals surface area contributed by atoms with Crippen molar-refractivity contribution in [2.75, 3.05) is 12.3 Å². The second kappa shape index (κ2) is 3.55. The van der Waals surface area contributed by atoms with E-state index in [1.165, 1.54) is 0 Å². The van der Waals surface area contributed by atoms with Gasteiger partial charge in [0.15, 0.2) is 0 Å². The number of nitrogen functional groups attached to an aromatic ring is 1. The number of carbonyl (C=O) groups is 1. The SMILES string of the molecule is CCOC(=O)c1c[se]c(N)n1. The molecule has 60 valence electrons. The fraction of sp³-hybridized carbons (Fsp3) is 0.333. The maximum absolute atomic E-state index is 10.9. The van der Waals surface area contributed by atoms with E-state index in [9.17, 15) is 4.79 Å². The van der Waals surface area contributed by atoms with Gasteiger partial charge in [-0.15, -0.1) is 0 Å². The first-order chi connectivity index (χ1) is 5.24. The summed E-state index contributed by atoms with van der Waals surface area (Å²) in [5.41, 5.74) is 5.73. The van der Waals surface area contributed by atoms with Crippen molar-refractivity contribution in [3.8, 4) is 0 Å². The summed E-state index contributed by atoms with van der Waals surface area (Å²) in [5, 5.41) is 0. The molecule has 0 aromatic carbocycles. The summed E-state index contributed by atoms with van der Waals surface area (Å²) in [5.74, 6) is -0.380.